The molecule has 2 heterocycles. The van der Waals surface area contributed by atoms with Crippen molar-refractivity contribution in [1.82, 2.24) is 9.55 Å². The normalized spacial score (nSPS) is 32.9. The van der Waals surface area contributed by atoms with Crippen molar-refractivity contribution < 1.29 is 25.0 Å². The summed E-state index contributed by atoms with van der Waals surface area (Å²) in [6.45, 7) is -0.489. The largest absolute Gasteiger partial charge is 0.436 e. The fourth-order valence-electron chi connectivity index (χ4n) is 1.76. The number of aromatic nitrogens is 2. The number of rotatable bonds is 3. The second-order valence-corrected chi connectivity index (χ2v) is 3.62. The maximum absolute atomic E-state index is 10.7. The molecule has 94 valence electrons. The second kappa shape index (κ2) is 4.37. The van der Waals surface area contributed by atoms with E-state index in [1.807, 2.05) is 0 Å². The fourth-order valence-corrected chi connectivity index (χ4v) is 1.76. The first-order valence-corrected chi connectivity index (χ1v) is 4.86. The van der Waals surface area contributed by atoms with Crippen molar-refractivity contribution >= 4 is 5.95 Å². The summed E-state index contributed by atoms with van der Waals surface area (Å²) in [5.41, 5.74) is 0. The molecule has 0 amide bonds. The van der Waals surface area contributed by atoms with Gasteiger partial charge in [0.25, 0.3) is 0 Å². The number of hydrogen-bond acceptors (Lipinski definition) is 7. The van der Waals surface area contributed by atoms with Crippen molar-refractivity contribution in [2.24, 2.45) is 0 Å². The lowest BCUT2D eigenvalue weighted by Crippen LogP contribution is -2.33. The topological polar surface area (TPSA) is 131 Å². The Labute approximate surface area is 95.0 Å². The summed E-state index contributed by atoms with van der Waals surface area (Å²) in [4.78, 5) is 13.4. The van der Waals surface area contributed by atoms with Crippen molar-refractivity contribution in [3.8, 4) is 0 Å². The quantitative estimate of drug-likeness (QED) is 0.431. The zero-order chi connectivity index (χ0) is 12.6. The lowest BCUT2D eigenvalue weighted by molar-refractivity contribution is -0.398. The molecule has 0 saturated carbocycles. The van der Waals surface area contributed by atoms with Crippen LogP contribution >= 0.6 is 0 Å². The monoisotopic (exact) mass is 245 g/mol. The molecule has 9 heteroatoms. The van der Waals surface area contributed by atoms with Crippen LogP contribution in [0.3, 0.4) is 0 Å². The van der Waals surface area contributed by atoms with Gasteiger partial charge < -0.3 is 30.2 Å². The van der Waals surface area contributed by atoms with Crippen LogP contribution in [0, 0.1) is 10.1 Å². The average Bonchev–Trinajstić information content (AvgIpc) is 2.86. The second-order valence-electron chi connectivity index (χ2n) is 3.62. The minimum absolute atomic E-state index is 0.489. The first-order chi connectivity index (χ1) is 8.06. The number of aliphatic hydroxyl groups excluding tert-OH is 3. The molecule has 1 aliphatic rings. The van der Waals surface area contributed by atoms with E-state index >= 15 is 0 Å². The molecule has 1 aliphatic heterocycles. The summed E-state index contributed by atoms with van der Waals surface area (Å²) in [5, 5.41) is 38.7. The maximum Gasteiger partial charge on any atom is 0.436 e. The van der Waals surface area contributed by atoms with Gasteiger partial charge in [0.15, 0.2) is 0 Å². The Bertz CT molecular complexity index is 421. The van der Waals surface area contributed by atoms with Crippen LogP contribution in [0.15, 0.2) is 12.4 Å². The van der Waals surface area contributed by atoms with Crippen molar-refractivity contribution in [1.29, 1.82) is 0 Å². The standard InChI is InChI=1S/C8H11N3O6/c12-3-4-5(13)6(14)7(17-4)10-2-1-9-8(10)11(15)16/h1-2,4-7,12-14H,3H2/t4-,5-,6-,7-/m1/s1. The van der Waals surface area contributed by atoms with Gasteiger partial charge in [0, 0.05) is 0 Å². The molecule has 3 N–H and O–H groups in total. The molecule has 0 aliphatic carbocycles. The Balaban J connectivity index is 2.29. The number of imidazole rings is 1. The Hall–Kier alpha value is -1.55. The molecule has 1 aromatic heterocycles. The Morgan fingerprint density at radius 3 is 2.76 bits per heavy atom. The van der Waals surface area contributed by atoms with Crippen molar-refractivity contribution in [2.75, 3.05) is 6.61 Å². The predicted octanol–water partition coefficient (Wildman–Crippen LogP) is -1.60. The van der Waals surface area contributed by atoms with E-state index in [9.17, 15) is 20.3 Å². The van der Waals surface area contributed by atoms with Crippen LogP contribution in [-0.2, 0) is 4.74 Å². The minimum atomic E-state index is -1.36. The van der Waals surface area contributed by atoms with E-state index in [0.29, 0.717) is 0 Å². The van der Waals surface area contributed by atoms with Gasteiger partial charge in [-0.3, -0.25) is 0 Å². The summed E-state index contributed by atoms with van der Waals surface area (Å²) in [7, 11) is 0. The third-order valence-corrected chi connectivity index (χ3v) is 2.60. The highest BCUT2D eigenvalue weighted by Gasteiger charge is 2.46. The fraction of sp³-hybridized carbons (Fsp3) is 0.625. The number of nitrogens with zero attached hydrogens (tertiary/aromatic N) is 3. The highest BCUT2D eigenvalue weighted by atomic mass is 16.6. The summed E-state index contributed by atoms with van der Waals surface area (Å²) in [6, 6.07) is 0. The van der Waals surface area contributed by atoms with Gasteiger partial charge in [-0.1, -0.05) is 4.98 Å². The van der Waals surface area contributed by atoms with Gasteiger partial charge in [0.05, 0.1) is 6.61 Å². The first kappa shape index (κ1) is 11.9. The van der Waals surface area contributed by atoms with E-state index in [0.717, 1.165) is 4.57 Å². The zero-order valence-electron chi connectivity index (χ0n) is 8.58. The van der Waals surface area contributed by atoms with E-state index < -0.39 is 42.0 Å². The molecule has 9 nitrogen and oxygen atoms in total. The highest BCUT2D eigenvalue weighted by molar-refractivity contribution is 5.09. The zero-order valence-corrected chi connectivity index (χ0v) is 8.58. The Morgan fingerprint density at radius 2 is 2.24 bits per heavy atom. The van der Waals surface area contributed by atoms with Crippen LogP contribution in [-0.4, -0.2) is 54.7 Å². The van der Waals surface area contributed by atoms with Gasteiger partial charge in [-0.25, -0.2) is 0 Å². The molecule has 0 radical (unpaired) electrons. The van der Waals surface area contributed by atoms with E-state index in [2.05, 4.69) is 4.98 Å². The molecule has 17 heavy (non-hydrogen) atoms. The van der Waals surface area contributed by atoms with Gasteiger partial charge in [0.2, 0.25) is 6.23 Å². The minimum Gasteiger partial charge on any atom is -0.394 e. The lowest BCUT2D eigenvalue weighted by Gasteiger charge is -2.13. The molecular formula is C8H11N3O6. The first-order valence-electron chi connectivity index (χ1n) is 4.86. The van der Waals surface area contributed by atoms with E-state index in [1.54, 1.807) is 0 Å². The molecule has 1 aromatic rings. The van der Waals surface area contributed by atoms with Crippen molar-refractivity contribution in [3.63, 3.8) is 0 Å². The molecule has 0 aromatic carbocycles. The Kier molecular flexibility index (Phi) is 3.07. The van der Waals surface area contributed by atoms with E-state index in [4.69, 9.17) is 9.84 Å². The van der Waals surface area contributed by atoms with E-state index in [-0.39, 0.29) is 0 Å². The van der Waals surface area contributed by atoms with Crippen molar-refractivity contribution in [2.45, 2.75) is 24.5 Å². The van der Waals surface area contributed by atoms with Gasteiger partial charge in [-0.2, -0.15) is 4.57 Å². The van der Waals surface area contributed by atoms with Gasteiger partial charge >= 0.3 is 5.95 Å². The van der Waals surface area contributed by atoms with Crippen LogP contribution in [0.25, 0.3) is 0 Å². The van der Waals surface area contributed by atoms with Gasteiger partial charge in [0.1, 0.15) is 30.7 Å². The van der Waals surface area contributed by atoms with Crippen LogP contribution in [0.4, 0.5) is 5.95 Å². The summed E-state index contributed by atoms with van der Waals surface area (Å²) in [6.07, 6.45) is -2.32. The third kappa shape index (κ3) is 1.89. The molecule has 1 fully saturated rings. The molecule has 4 atom stereocenters. The summed E-state index contributed by atoms with van der Waals surface area (Å²) in [5.74, 6) is -0.500. The maximum atomic E-state index is 10.7. The number of hydrogen-bond donors (Lipinski definition) is 3. The van der Waals surface area contributed by atoms with Crippen LogP contribution in [0.2, 0.25) is 0 Å². The molecule has 1 saturated heterocycles. The van der Waals surface area contributed by atoms with Crippen LogP contribution in [0.1, 0.15) is 6.23 Å². The smallest absolute Gasteiger partial charge is 0.394 e. The molecule has 2 rings (SSSR count). The SMILES string of the molecule is O=[N+]([O-])c1nccn1[C@@H]1O[C@H](CO)[C@@H](O)[C@H]1O. The molecule has 0 bridgehead atoms. The van der Waals surface area contributed by atoms with Gasteiger partial charge in [-0.05, 0) is 4.92 Å². The van der Waals surface area contributed by atoms with Crippen LogP contribution < -0.4 is 0 Å². The Morgan fingerprint density at radius 1 is 1.53 bits per heavy atom. The average molecular weight is 245 g/mol. The predicted molar refractivity (Wildman–Crippen MR) is 51.9 cm³/mol. The number of ether oxygens (including phenoxy) is 1. The summed E-state index contributed by atoms with van der Waals surface area (Å²) < 4.78 is 6.14. The van der Waals surface area contributed by atoms with Crippen molar-refractivity contribution in [3.05, 3.63) is 22.5 Å². The molecular weight excluding hydrogens is 234 g/mol. The summed E-state index contributed by atoms with van der Waals surface area (Å²) >= 11 is 0. The lowest BCUT2D eigenvalue weighted by atomic mass is 10.1. The van der Waals surface area contributed by atoms with Crippen LogP contribution in [0.5, 0.6) is 0 Å². The molecule has 0 spiro atoms. The molecule has 0 unspecified atom stereocenters. The third-order valence-electron chi connectivity index (χ3n) is 2.60. The van der Waals surface area contributed by atoms with Gasteiger partial charge in [-0.15, -0.1) is 0 Å². The van der Waals surface area contributed by atoms with E-state index in [1.165, 1.54) is 12.4 Å². The highest BCUT2D eigenvalue weighted by Crippen LogP contribution is 2.31. The number of aliphatic hydroxyl groups is 3. The number of nitro groups is 1.